The Kier molecular flexibility index (Phi) is 4.47. The van der Waals surface area contributed by atoms with Crippen LogP contribution in [0.1, 0.15) is 11.1 Å². The highest BCUT2D eigenvalue weighted by atomic mass is 35.5. The van der Waals surface area contributed by atoms with E-state index < -0.39 is 10.0 Å². The number of hydrogen-bond acceptors (Lipinski definition) is 3. The average molecular weight is 314 g/mol. The van der Waals surface area contributed by atoms with Crippen LogP contribution in [-0.2, 0) is 23.5 Å². The highest BCUT2D eigenvalue weighted by Gasteiger charge is 2.21. The van der Waals surface area contributed by atoms with Crippen molar-refractivity contribution < 1.29 is 8.42 Å². The number of aromatic nitrogens is 2. The summed E-state index contributed by atoms with van der Waals surface area (Å²) in [5, 5.41) is -0.0287. The lowest BCUT2D eigenvalue weighted by atomic mass is 10.1. The molecule has 1 heterocycles. The van der Waals surface area contributed by atoms with Crippen molar-refractivity contribution in [3.05, 3.63) is 46.9 Å². The molecule has 0 amide bonds. The van der Waals surface area contributed by atoms with Crippen LogP contribution >= 0.6 is 11.6 Å². The fraction of sp³-hybridized carbons (Fsp3) is 0.308. The van der Waals surface area contributed by atoms with Crippen LogP contribution in [-0.4, -0.2) is 24.5 Å². The lowest BCUT2D eigenvalue weighted by Gasteiger charge is -2.06. The highest BCUT2D eigenvalue weighted by molar-refractivity contribution is 7.89. The molecule has 20 heavy (non-hydrogen) atoms. The number of aryl methyl sites for hydroxylation is 2. The zero-order valence-corrected chi connectivity index (χ0v) is 12.9. The fourth-order valence-corrected chi connectivity index (χ4v) is 3.30. The van der Waals surface area contributed by atoms with Crippen LogP contribution in [0.15, 0.2) is 35.6 Å². The van der Waals surface area contributed by atoms with Crippen molar-refractivity contribution in [1.29, 1.82) is 0 Å². The minimum Gasteiger partial charge on any atom is -0.324 e. The molecule has 1 aromatic heterocycles. The third-order valence-electron chi connectivity index (χ3n) is 2.88. The van der Waals surface area contributed by atoms with Crippen LogP contribution in [0.4, 0.5) is 0 Å². The number of benzene rings is 1. The SMILES string of the molecule is Cc1cccc(CCNS(=O)(=O)c2ncn(C)c2Cl)c1. The second kappa shape index (κ2) is 5.95. The molecule has 0 aliphatic rings. The zero-order valence-electron chi connectivity index (χ0n) is 11.3. The number of hydrogen-bond donors (Lipinski definition) is 1. The van der Waals surface area contributed by atoms with Crippen molar-refractivity contribution >= 4 is 21.6 Å². The molecule has 2 aromatic rings. The van der Waals surface area contributed by atoms with Gasteiger partial charge in [0.25, 0.3) is 10.0 Å². The Labute approximate surface area is 123 Å². The molecular weight excluding hydrogens is 298 g/mol. The number of rotatable bonds is 5. The molecule has 0 radical (unpaired) electrons. The van der Waals surface area contributed by atoms with Gasteiger partial charge in [-0.25, -0.2) is 18.1 Å². The molecule has 0 spiro atoms. The second-order valence-electron chi connectivity index (χ2n) is 4.59. The topological polar surface area (TPSA) is 64.0 Å². The van der Waals surface area contributed by atoms with Crippen LogP contribution in [0, 0.1) is 6.92 Å². The fourth-order valence-electron chi connectivity index (χ4n) is 1.84. The van der Waals surface area contributed by atoms with E-state index in [4.69, 9.17) is 11.6 Å². The summed E-state index contributed by atoms with van der Waals surface area (Å²) in [6, 6.07) is 7.95. The van der Waals surface area contributed by atoms with Gasteiger partial charge in [0.05, 0.1) is 6.33 Å². The molecule has 5 nitrogen and oxygen atoms in total. The van der Waals surface area contributed by atoms with Gasteiger partial charge in [-0.2, -0.15) is 0 Å². The first-order valence-corrected chi connectivity index (χ1v) is 7.98. The largest absolute Gasteiger partial charge is 0.324 e. The first-order valence-electron chi connectivity index (χ1n) is 6.12. The first kappa shape index (κ1) is 15.0. The molecule has 1 N–H and O–H groups in total. The Balaban J connectivity index is 2.02. The monoisotopic (exact) mass is 313 g/mol. The average Bonchev–Trinajstić information content (AvgIpc) is 2.70. The van der Waals surface area contributed by atoms with Crippen molar-refractivity contribution in [3.8, 4) is 0 Å². The lowest BCUT2D eigenvalue weighted by Crippen LogP contribution is -2.26. The van der Waals surface area contributed by atoms with E-state index in [1.807, 2.05) is 31.2 Å². The van der Waals surface area contributed by atoms with Crippen LogP contribution in [0.25, 0.3) is 0 Å². The number of halogens is 1. The van der Waals surface area contributed by atoms with Crippen molar-refractivity contribution in [2.45, 2.75) is 18.4 Å². The van der Waals surface area contributed by atoms with Gasteiger partial charge in [0, 0.05) is 13.6 Å². The highest BCUT2D eigenvalue weighted by Crippen LogP contribution is 2.18. The van der Waals surface area contributed by atoms with Crippen LogP contribution < -0.4 is 4.72 Å². The predicted octanol–water partition coefficient (Wildman–Crippen LogP) is 1.90. The summed E-state index contributed by atoms with van der Waals surface area (Å²) in [5.74, 6) is 0. The summed E-state index contributed by atoms with van der Waals surface area (Å²) in [6.45, 7) is 2.31. The maximum absolute atomic E-state index is 12.1. The number of nitrogens with one attached hydrogen (secondary N) is 1. The van der Waals surface area contributed by atoms with Gasteiger partial charge in [0.15, 0.2) is 0 Å². The van der Waals surface area contributed by atoms with E-state index in [1.54, 1.807) is 7.05 Å². The van der Waals surface area contributed by atoms with Gasteiger partial charge in [0.1, 0.15) is 5.15 Å². The minimum atomic E-state index is -3.66. The van der Waals surface area contributed by atoms with E-state index in [1.165, 1.54) is 10.9 Å². The minimum absolute atomic E-state index is 0.105. The van der Waals surface area contributed by atoms with Gasteiger partial charge in [-0.3, -0.25) is 0 Å². The molecule has 0 saturated carbocycles. The molecule has 0 bridgehead atoms. The van der Waals surface area contributed by atoms with E-state index in [2.05, 4.69) is 9.71 Å². The van der Waals surface area contributed by atoms with E-state index in [9.17, 15) is 8.42 Å². The molecule has 108 valence electrons. The molecule has 0 atom stereocenters. The summed E-state index contributed by atoms with van der Waals surface area (Å²) in [5.41, 5.74) is 2.23. The zero-order chi connectivity index (χ0) is 14.8. The van der Waals surface area contributed by atoms with Gasteiger partial charge in [-0.15, -0.1) is 0 Å². The number of sulfonamides is 1. The van der Waals surface area contributed by atoms with Crippen LogP contribution in [0.5, 0.6) is 0 Å². The summed E-state index contributed by atoms with van der Waals surface area (Å²) < 4.78 is 28.1. The number of nitrogens with zero attached hydrogens (tertiary/aromatic N) is 2. The standard InChI is InChI=1S/C13H16ClN3O2S/c1-10-4-3-5-11(8-10)6-7-16-20(18,19)13-12(14)17(2)9-15-13/h3-5,8-9,16H,6-7H2,1-2H3. The van der Waals surface area contributed by atoms with Crippen molar-refractivity contribution in [2.24, 2.45) is 7.05 Å². The van der Waals surface area contributed by atoms with E-state index in [0.717, 1.165) is 11.1 Å². The normalized spacial score (nSPS) is 11.8. The van der Waals surface area contributed by atoms with Crippen molar-refractivity contribution in [2.75, 3.05) is 6.54 Å². The summed E-state index contributed by atoms with van der Waals surface area (Å²) in [6.07, 6.45) is 1.99. The third kappa shape index (κ3) is 3.39. The van der Waals surface area contributed by atoms with E-state index >= 15 is 0 Å². The number of imidazole rings is 1. The van der Waals surface area contributed by atoms with Gasteiger partial charge in [-0.05, 0) is 18.9 Å². The molecule has 0 saturated heterocycles. The van der Waals surface area contributed by atoms with E-state index in [-0.39, 0.29) is 10.2 Å². The van der Waals surface area contributed by atoms with Gasteiger partial charge < -0.3 is 4.57 Å². The molecule has 1 aromatic carbocycles. The Bertz CT molecular complexity index is 710. The quantitative estimate of drug-likeness (QED) is 0.917. The van der Waals surface area contributed by atoms with Gasteiger partial charge >= 0.3 is 0 Å². The predicted molar refractivity (Wildman–Crippen MR) is 78.3 cm³/mol. The summed E-state index contributed by atoms with van der Waals surface area (Å²) >= 11 is 5.89. The van der Waals surface area contributed by atoms with Crippen LogP contribution in [0.3, 0.4) is 0 Å². The molecule has 2 rings (SSSR count). The Morgan fingerprint density at radius 2 is 2.15 bits per heavy atom. The maximum atomic E-state index is 12.1. The molecule has 0 fully saturated rings. The Morgan fingerprint density at radius 1 is 1.40 bits per heavy atom. The molecule has 0 aliphatic carbocycles. The van der Waals surface area contributed by atoms with Gasteiger partial charge in [-0.1, -0.05) is 41.4 Å². The Morgan fingerprint density at radius 3 is 2.75 bits per heavy atom. The summed E-state index contributed by atoms with van der Waals surface area (Å²) in [7, 11) is -2.02. The van der Waals surface area contributed by atoms with Crippen LogP contribution in [0.2, 0.25) is 5.15 Å². The van der Waals surface area contributed by atoms with Crippen molar-refractivity contribution in [3.63, 3.8) is 0 Å². The summed E-state index contributed by atoms with van der Waals surface area (Å²) in [4.78, 5) is 3.81. The molecule has 0 unspecified atom stereocenters. The van der Waals surface area contributed by atoms with Crippen molar-refractivity contribution in [1.82, 2.24) is 14.3 Å². The van der Waals surface area contributed by atoms with Gasteiger partial charge in [0.2, 0.25) is 5.03 Å². The lowest BCUT2D eigenvalue weighted by molar-refractivity contribution is 0.578. The third-order valence-corrected chi connectivity index (χ3v) is 4.83. The molecular formula is C13H16ClN3O2S. The molecule has 7 heteroatoms. The first-order chi connectivity index (χ1) is 9.40. The maximum Gasteiger partial charge on any atom is 0.261 e. The van der Waals surface area contributed by atoms with E-state index in [0.29, 0.717) is 13.0 Å². The smallest absolute Gasteiger partial charge is 0.261 e. The Hall–Kier alpha value is -1.37. The second-order valence-corrected chi connectivity index (χ2v) is 6.63. The molecule has 0 aliphatic heterocycles.